The van der Waals surface area contributed by atoms with Gasteiger partial charge in [-0.25, -0.2) is 0 Å². The first-order chi connectivity index (χ1) is 8.66. The van der Waals surface area contributed by atoms with Gasteiger partial charge in [0.25, 0.3) is 0 Å². The zero-order valence-electron chi connectivity index (χ0n) is 10.4. The number of nitrogens with two attached hydrogens (primary N) is 1. The molecule has 0 bridgehead atoms. The van der Waals surface area contributed by atoms with Gasteiger partial charge in [0.15, 0.2) is 0 Å². The van der Waals surface area contributed by atoms with E-state index in [0.29, 0.717) is 39.3 Å². The van der Waals surface area contributed by atoms with Gasteiger partial charge >= 0.3 is 0 Å². The minimum absolute atomic E-state index is 0.0963. The maximum Gasteiger partial charge on any atom is 0.229 e. The quantitative estimate of drug-likeness (QED) is 0.636. The number of hydrogen-bond donors (Lipinski definition) is 1. The van der Waals surface area contributed by atoms with E-state index in [0.717, 1.165) is 6.42 Å². The van der Waals surface area contributed by atoms with Gasteiger partial charge in [0.2, 0.25) is 11.8 Å². The van der Waals surface area contributed by atoms with Gasteiger partial charge in [-0.05, 0) is 6.42 Å². The van der Waals surface area contributed by atoms with E-state index < -0.39 is 0 Å². The largest absolute Gasteiger partial charge is 0.379 e. The van der Waals surface area contributed by atoms with E-state index >= 15 is 0 Å². The fourth-order valence-electron chi connectivity index (χ4n) is 3.12. The molecule has 3 fully saturated rings. The monoisotopic (exact) mass is 253 g/mol. The molecule has 3 aliphatic rings. The van der Waals surface area contributed by atoms with Crippen LogP contribution in [0.2, 0.25) is 0 Å². The minimum Gasteiger partial charge on any atom is -0.379 e. The van der Waals surface area contributed by atoms with Gasteiger partial charge in [-0.1, -0.05) is 0 Å². The lowest BCUT2D eigenvalue weighted by atomic mass is 10.0. The number of carbonyl (C=O) groups is 2. The van der Waals surface area contributed by atoms with Gasteiger partial charge in [0.1, 0.15) is 0 Å². The Morgan fingerprint density at radius 3 is 2.89 bits per heavy atom. The molecule has 0 aromatic rings. The van der Waals surface area contributed by atoms with Crippen molar-refractivity contribution < 1.29 is 14.3 Å². The van der Waals surface area contributed by atoms with E-state index in [1.165, 1.54) is 0 Å². The SMILES string of the molecule is NC1COCC1C(=O)N1CCN2C(=O)CCC2C1. The van der Waals surface area contributed by atoms with E-state index in [9.17, 15) is 9.59 Å². The first kappa shape index (κ1) is 11.9. The average molecular weight is 253 g/mol. The Morgan fingerprint density at radius 1 is 1.33 bits per heavy atom. The maximum atomic E-state index is 12.3. The predicted molar refractivity (Wildman–Crippen MR) is 63.6 cm³/mol. The fourth-order valence-corrected chi connectivity index (χ4v) is 3.12. The summed E-state index contributed by atoms with van der Waals surface area (Å²) in [5, 5.41) is 0. The molecule has 3 unspecified atom stereocenters. The van der Waals surface area contributed by atoms with Crippen molar-refractivity contribution in [2.45, 2.75) is 24.9 Å². The number of amides is 2. The molecule has 6 nitrogen and oxygen atoms in total. The highest BCUT2D eigenvalue weighted by atomic mass is 16.5. The fraction of sp³-hybridized carbons (Fsp3) is 0.833. The van der Waals surface area contributed by atoms with Crippen LogP contribution in [0, 0.1) is 5.92 Å². The molecule has 0 aliphatic carbocycles. The Hall–Kier alpha value is -1.14. The second-order valence-corrected chi connectivity index (χ2v) is 5.37. The van der Waals surface area contributed by atoms with Crippen molar-refractivity contribution in [1.29, 1.82) is 0 Å². The standard InChI is InChI=1S/C12H19N3O3/c13-10-7-18-6-9(10)12(17)14-3-4-15-8(5-14)1-2-11(15)16/h8-10H,1-7,13H2. The van der Waals surface area contributed by atoms with Gasteiger partial charge in [-0.2, -0.15) is 0 Å². The summed E-state index contributed by atoms with van der Waals surface area (Å²) in [6, 6.07) is 0.0366. The van der Waals surface area contributed by atoms with Crippen molar-refractivity contribution in [2.75, 3.05) is 32.8 Å². The van der Waals surface area contributed by atoms with Crippen LogP contribution in [0.3, 0.4) is 0 Å². The Labute approximate surface area is 106 Å². The van der Waals surface area contributed by atoms with Crippen LogP contribution in [0.1, 0.15) is 12.8 Å². The number of ether oxygens (including phenoxy) is 1. The molecule has 0 aromatic carbocycles. The average Bonchev–Trinajstić information content (AvgIpc) is 2.95. The van der Waals surface area contributed by atoms with Crippen molar-refractivity contribution in [3.8, 4) is 0 Å². The molecule has 2 N–H and O–H groups in total. The molecule has 0 saturated carbocycles. The van der Waals surface area contributed by atoms with Crippen LogP contribution < -0.4 is 5.73 Å². The summed E-state index contributed by atoms with van der Waals surface area (Å²) in [6.45, 7) is 2.86. The number of piperazine rings is 1. The minimum atomic E-state index is -0.200. The van der Waals surface area contributed by atoms with Gasteiger partial charge in [-0.3, -0.25) is 9.59 Å². The number of hydrogen-bond acceptors (Lipinski definition) is 4. The summed E-state index contributed by atoms with van der Waals surface area (Å²) in [4.78, 5) is 27.7. The summed E-state index contributed by atoms with van der Waals surface area (Å²) in [5.41, 5.74) is 5.88. The van der Waals surface area contributed by atoms with Gasteiger partial charge < -0.3 is 20.3 Å². The molecule has 3 heterocycles. The molecule has 3 aliphatic heterocycles. The van der Waals surface area contributed by atoms with Crippen LogP contribution in [0.4, 0.5) is 0 Å². The van der Waals surface area contributed by atoms with Crippen molar-refractivity contribution in [1.82, 2.24) is 9.80 Å². The van der Waals surface area contributed by atoms with E-state index in [1.54, 1.807) is 0 Å². The smallest absolute Gasteiger partial charge is 0.229 e. The molecular formula is C12H19N3O3. The number of nitrogens with zero attached hydrogens (tertiary/aromatic N) is 2. The Balaban J connectivity index is 1.64. The van der Waals surface area contributed by atoms with Crippen molar-refractivity contribution in [3.05, 3.63) is 0 Å². The predicted octanol–water partition coefficient (Wildman–Crippen LogP) is -1.21. The van der Waals surface area contributed by atoms with Crippen molar-refractivity contribution in [3.63, 3.8) is 0 Å². The third-order valence-electron chi connectivity index (χ3n) is 4.25. The van der Waals surface area contributed by atoms with Crippen LogP contribution >= 0.6 is 0 Å². The summed E-state index contributed by atoms with van der Waals surface area (Å²) >= 11 is 0. The molecule has 3 saturated heterocycles. The lowest BCUT2D eigenvalue weighted by Gasteiger charge is -2.38. The third kappa shape index (κ3) is 1.89. The normalized spacial score (nSPS) is 36.1. The Bertz CT molecular complexity index is 374. The van der Waals surface area contributed by atoms with Crippen LogP contribution in [0.15, 0.2) is 0 Å². The summed E-state index contributed by atoms with van der Waals surface area (Å²) in [5.74, 6) is 0.126. The molecule has 2 amide bonds. The first-order valence-corrected chi connectivity index (χ1v) is 6.58. The topological polar surface area (TPSA) is 75.9 Å². The highest BCUT2D eigenvalue weighted by Crippen LogP contribution is 2.24. The molecule has 3 atom stereocenters. The first-order valence-electron chi connectivity index (χ1n) is 6.58. The highest BCUT2D eigenvalue weighted by Gasteiger charge is 2.40. The third-order valence-corrected chi connectivity index (χ3v) is 4.25. The zero-order chi connectivity index (χ0) is 12.7. The zero-order valence-corrected chi connectivity index (χ0v) is 10.4. The second kappa shape index (κ2) is 4.51. The molecule has 0 radical (unpaired) electrons. The van der Waals surface area contributed by atoms with E-state index in [1.807, 2.05) is 9.80 Å². The van der Waals surface area contributed by atoms with Gasteiger partial charge in [0, 0.05) is 38.1 Å². The molecule has 0 spiro atoms. The lowest BCUT2D eigenvalue weighted by molar-refractivity contribution is -0.142. The summed E-state index contributed by atoms with van der Waals surface area (Å²) in [6.07, 6.45) is 1.49. The molecule has 100 valence electrons. The number of carbonyl (C=O) groups excluding carboxylic acids is 2. The van der Waals surface area contributed by atoms with Crippen molar-refractivity contribution >= 4 is 11.8 Å². The summed E-state index contributed by atoms with van der Waals surface area (Å²) in [7, 11) is 0. The summed E-state index contributed by atoms with van der Waals surface area (Å²) < 4.78 is 5.25. The van der Waals surface area contributed by atoms with E-state index in [-0.39, 0.29) is 29.8 Å². The van der Waals surface area contributed by atoms with Gasteiger partial charge in [-0.15, -0.1) is 0 Å². The maximum absolute atomic E-state index is 12.3. The van der Waals surface area contributed by atoms with Crippen LogP contribution in [-0.2, 0) is 14.3 Å². The lowest BCUT2D eigenvalue weighted by Crippen LogP contribution is -2.55. The molecule has 18 heavy (non-hydrogen) atoms. The second-order valence-electron chi connectivity index (χ2n) is 5.37. The van der Waals surface area contributed by atoms with Crippen LogP contribution in [0.25, 0.3) is 0 Å². The van der Waals surface area contributed by atoms with Crippen LogP contribution in [0.5, 0.6) is 0 Å². The molecule has 6 heteroatoms. The highest BCUT2D eigenvalue weighted by molar-refractivity contribution is 5.82. The number of fused-ring (bicyclic) bond motifs is 1. The van der Waals surface area contributed by atoms with E-state index in [4.69, 9.17) is 10.5 Å². The molecular weight excluding hydrogens is 234 g/mol. The molecule has 3 rings (SSSR count). The number of rotatable bonds is 1. The van der Waals surface area contributed by atoms with Gasteiger partial charge in [0.05, 0.1) is 19.1 Å². The Kier molecular flexibility index (Phi) is 2.99. The van der Waals surface area contributed by atoms with Crippen molar-refractivity contribution in [2.24, 2.45) is 11.7 Å². The molecule has 0 aromatic heterocycles. The van der Waals surface area contributed by atoms with E-state index in [2.05, 4.69) is 0 Å². The Morgan fingerprint density at radius 2 is 2.17 bits per heavy atom. The van der Waals surface area contributed by atoms with Crippen LogP contribution in [-0.4, -0.2) is 66.5 Å².